The molecule has 1 aliphatic heterocycles. The molecule has 3 aromatic heterocycles. The van der Waals surface area contributed by atoms with Gasteiger partial charge in [0.1, 0.15) is 0 Å². The fraction of sp³-hybridized carbons (Fsp3) is 0.222. The van der Waals surface area contributed by atoms with Crippen molar-refractivity contribution in [1.29, 1.82) is 0 Å². The van der Waals surface area contributed by atoms with Crippen molar-refractivity contribution in [3.63, 3.8) is 0 Å². The van der Waals surface area contributed by atoms with Gasteiger partial charge in [0.25, 0.3) is 5.56 Å². The molecule has 1 aliphatic rings. The molecule has 0 N–H and O–H groups in total. The summed E-state index contributed by atoms with van der Waals surface area (Å²) in [7, 11) is 1.68. The third kappa shape index (κ3) is 2.90. The van der Waals surface area contributed by atoms with E-state index in [1.54, 1.807) is 24.5 Å². The van der Waals surface area contributed by atoms with Crippen LogP contribution < -0.4 is 10.5 Å². The van der Waals surface area contributed by atoms with Crippen LogP contribution in [0.25, 0.3) is 16.2 Å². The molecule has 27 heavy (non-hydrogen) atoms. The highest BCUT2D eigenvalue weighted by Crippen LogP contribution is 2.29. The second-order valence-electron chi connectivity index (χ2n) is 6.49. The summed E-state index contributed by atoms with van der Waals surface area (Å²) < 4.78 is 3.20. The van der Waals surface area contributed by atoms with E-state index in [-0.39, 0.29) is 5.56 Å². The van der Waals surface area contributed by atoms with E-state index < -0.39 is 0 Å². The fourth-order valence-corrected chi connectivity index (χ4v) is 4.27. The van der Waals surface area contributed by atoms with Gasteiger partial charge < -0.3 is 4.90 Å². The molecule has 4 aromatic rings. The number of fused-ring (bicyclic) bond motifs is 2. The molecule has 0 spiro atoms. The molecule has 0 amide bonds. The maximum absolute atomic E-state index is 11.9. The Bertz CT molecular complexity index is 1180. The van der Waals surface area contributed by atoms with Gasteiger partial charge in [0.15, 0.2) is 0 Å². The zero-order valence-electron chi connectivity index (χ0n) is 14.5. The van der Waals surface area contributed by atoms with Gasteiger partial charge in [0, 0.05) is 48.8 Å². The number of nitrogens with zero attached hydrogens (tertiary/aromatic N) is 6. The Labute approximate surface area is 163 Å². The van der Waals surface area contributed by atoms with E-state index >= 15 is 0 Å². The normalized spacial score (nSPS) is 13.9. The number of rotatable bonds is 2. The smallest absolute Gasteiger partial charge is 0.266 e. The van der Waals surface area contributed by atoms with Crippen LogP contribution in [0.4, 0.5) is 5.13 Å². The van der Waals surface area contributed by atoms with Gasteiger partial charge in [-0.15, -0.1) is 5.10 Å². The fourth-order valence-electron chi connectivity index (χ4n) is 3.23. The number of aryl methyl sites for hydroxylation is 1. The Kier molecular flexibility index (Phi) is 3.76. The minimum Gasteiger partial charge on any atom is -0.342 e. The largest absolute Gasteiger partial charge is 0.342 e. The second-order valence-corrected chi connectivity index (χ2v) is 7.87. The summed E-state index contributed by atoms with van der Waals surface area (Å²) >= 11 is 7.49. The molecule has 0 radical (unpaired) electrons. The van der Waals surface area contributed by atoms with Crippen molar-refractivity contribution in [2.75, 3.05) is 11.4 Å². The van der Waals surface area contributed by atoms with E-state index in [4.69, 9.17) is 11.6 Å². The summed E-state index contributed by atoms with van der Waals surface area (Å²) in [5.74, 6) is 0. The first-order valence-corrected chi connectivity index (χ1v) is 9.69. The van der Waals surface area contributed by atoms with Crippen LogP contribution in [0.5, 0.6) is 0 Å². The molecule has 0 aliphatic carbocycles. The van der Waals surface area contributed by atoms with Crippen molar-refractivity contribution in [2.45, 2.75) is 13.0 Å². The van der Waals surface area contributed by atoms with E-state index in [0.29, 0.717) is 11.6 Å². The monoisotopic (exact) mass is 398 g/mol. The van der Waals surface area contributed by atoms with Crippen LogP contribution in [0, 0.1) is 0 Å². The van der Waals surface area contributed by atoms with Crippen LogP contribution >= 0.6 is 22.9 Å². The van der Waals surface area contributed by atoms with E-state index in [2.05, 4.69) is 20.1 Å². The Balaban J connectivity index is 1.44. The first-order chi connectivity index (χ1) is 13.1. The zero-order valence-corrected chi connectivity index (χ0v) is 16.0. The third-order valence-electron chi connectivity index (χ3n) is 4.68. The Morgan fingerprint density at radius 1 is 1.19 bits per heavy atom. The van der Waals surface area contributed by atoms with Crippen molar-refractivity contribution in [3.8, 4) is 11.3 Å². The highest BCUT2D eigenvalue weighted by Gasteiger charge is 2.22. The van der Waals surface area contributed by atoms with Gasteiger partial charge >= 0.3 is 0 Å². The molecule has 0 fully saturated rings. The van der Waals surface area contributed by atoms with Gasteiger partial charge in [0.2, 0.25) is 10.1 Å². The van der Waals surface area contributed by atoms with Crippen molar-refractivity contribution in [3.05, 3.63) is 63.2 Å². The van der Waals surface area contributed by atoms with Crippen LogP contribution in [0.2, 0.25) is 5.02 Å². The summed E-state index contributed by atoms with van der Waals surface area (Å²) in [4.78, 5) is 19.6. The van der Waals surface area contributed by atoms with Crippen molar-refractivity contribution in [1.82, 2.24) is 24.4 Å². The maximum atomic E-state index is 11.9. The third-order valence-corrected chi connectivity index (χ3v) is 5.92. The molecule has 0 atom stereocenters. The average molecular weight is 399 g/mol. The number of imidazole rings is 1. The van der Waals surface area contributed by atoms with Crippen molar-refractivity contribution >= 4 is 33.0 Å². The summed E-state index contributed by atoms with van der Waals surface area (Å²) in [6, 6.07) is 9.28. The molecular weight excluding hydrogens is 384 g/mol. The van der Waals surface area contributed by atoms with E-state index in [1.165, 1.54) is 4.68 Å². The predicted octanol–water partition coefficient (Wildman–Crippen LogP) is 2.77. The molecule has 0 saturated heterocycles. The van der Waals surface area contributed by atoms with Crippen molar-refractivity contribution < 1.29 is 0 Å². The van der Waals surface area contributed by atoms with Gasteiger partial charge in [-0.2, -0.15) is 5.10 Å². The van der Waals surface area contributed by atoms with Gasteiger partial charge in [0.05, 0.1) is 17.6 Å². The summed E-state index contributed by atoms with van der Waals surface area (Å²) in [5, 5.41) is 10.6. The Hall–Kier alpha value is -2.71. The van der Waals surface area contributed by atoms with Crippen LogP contribution in [0.1, 0.15) is 11.3 Å². The predicted molar refractivity (Wildman–Crippen MR) is 106 cm³/mol. The highest BCUT2D eigenvalue weighted by molar-refractivity contribution is 7.20. The lowest BCUT2D eigenvalue weighted by molar-refractivity contribution is 0.622. The number of benzene rings is 1. The lowest BCUT2D eigenvalue weighted by Gasteiger charge is -2.27. The molecule has 4 heterocycles. The van der Waals surface area contributed by atoms with Gasteiger partial charge in [-0.25, -0.2) is 14.2 Å². The number of hydrogen-bond acceptors (Lipinski definition) is 6. The summed E-state index contributed by atoms with van der Waals surface area (Å²) in [5.41, 5.74) is 3.75. The molecule has 0 saturated carbocycles. The maximum Gasteiger partial charge on any atom is 0.266 e. The van der Waals surface area contributed by atoms with Gasteiger partial charge in [-0.3, -0.25) is 4.79 Å². The van der Waals surface area contributed by atoms with E-state index in [0.717, 1.165) is 45.6 Å². The SMILES string of the molecule is Cn1nc2c(cc1=O)CN(c1nn3cc(-c4ccc(Cl)cc4)nc3s1)CC2. The molecular formula is C18H15ClN6OS. The zero-order chi connectivity index (χ0) is 18.5. The van der Waals surface area contributed by atoms with Crippen LogP contribution in [0.3, 0.4) is 0 Å². The lowest BCUT2D eigenvalue weighted by Crippen LogP contribution is -2.34. The lowest BCUT2D eigenvalue weighted by atomic mass is 10.1. The Morgan fingerprint density at radius 3 is 2.78 bits per heavy atom. The number of halogens is 1. The minimum atomic E-state index is -0.0860. The Morgan fingerprint density at radius 2 is 2.00 bits per heavy atom. The van der Waals surface area contributed by atoms with Crippen LogP contribution in [-0.2, 0) is 20.0 Å². The molecule has 136 valence electrons. The number of anilines is 1. The summed E-state index contributed by atoms with van der Waals surface area (Å²) in [6.07, 6.45) is 2.72. The molecule has 0 unspecified atom stereocenters. The molecule has 0 bridgehead atoms. The van der Waals surface area contributed by atoms with Gasteiger partial charge in [-0.1, -0.05) is 35.1 Å². The molecule has 1 aromatic carbocycles. The molecule has 5 rings (SSSR count). The average Bonchev–Trinajstić information content (AvgIpc) is 3.22. The minimum absolute atomic E-state index is 0.0860. The van der Waals surface area contributed by atoms with Gasteiger partial charge in [-0.05, 0) is 12.1 Å². The van der Waals surface area contributed by atoms with E-state index in [9.17, 15) is 4.79 Å². The second kappa shape index (κ2) is 6.17. The first-order valence-electron chi connectivity index (χ1n) is 8.50. The first kappa shape index (κ1) is 16.5. The van der Waals surface area contributed by atoms with Crippen LogP contribution in [-0.4, -0.2) is 30.9 Å². The number of aromatic nitrogens is 5. The van der Waals surface area contributed by atoms with E-state index in [1.807, 2.05) is 35.0 Å². The molecule has 7 nitrogen and oxygen atoms in total. The van der Waals surface area contributed by atoms with Crippen molar-refractivity contribution in [2.24, 2.45) is 7.05 Å². The topological polar surface area (TPSA) is 68.3 Å². The van der Waals surface area contributed by atoms with Crippen LogP contribution in [0.15, 0.2) is 41.3 Å². The summed E-state index contributed by atoms with van der Waals surface area (Å²) in [6.45, 7) is 1.46. The molecule has 9 heteroatoms. The quantitative estimate of drug-likeness (QED) is 0.519. The highest BCUT2D eigenvalue weighted by atomic mass is 35.5. The standard InChI is InChI=1S/C18H15ClN6OS/c1-23-16(26)8-12-9-24(7-6-14(12)21-23)18-22-25-10-15(20-17(25)27-18)11-2-4-13(19)5-3-11/h2-5,8,10H,6-7,9H2,1H3. The number of hydrogen-bond donors (Lipinski definition) is 0.